The largest absolute Gasteiger partial charge is 0.496 e. The molecule has 1 saturated carbocycles. The van der Waals surface area contributed by atoms with Crippen molar-refractivity contribution in [1.82, 2.24) is 0 Å². The van der Waals surface area contributed by atoms with Gasteiger partial charge in [-0.3, -0.25) is 0 Å². The molecule has 0 radical (unpaired) electrons. The summed E-state index contributed by atoms with van der Waals surface area (Å²) in [4.78, 5) is -0.0193. The average Bonchev–Trinajstić information content (AvgIpc) is 3.16. The monoisotopic (exact) mass is 339 g/mol. The summed E-state index contributed by atoms with van der Waals surface area (Å²) in [6.45, 7) is 7.64. The Kier molecular flexibility index (Phi) is 3.79. The van der Waals surface area contributed by atoms with Crippen molar-refractivity contribution in [2.45, 2.75) is 62.7 Å². The van der Waals surface area contributed by atoms with E-state index in [1.165, 1.54) is 6.07 Å². The maximum Gasteiger partial charge on any atom is 0.496 e. The van der Waals surface area contributed by atoms with Crippen molar-refractivity contribution in [2.75, 3.05) is 0 Å². The van der Waals surface area contributed by atoms with Crippen LogP contribution in [0.1, 0.15) is 40.5 Å². The van der Waals surface area contributed by atoms with E-state index in [0.717, 1.165) is 12.8 Å². The van der Waals surface area contributed by atoms with E-state index < -0.39 is 28.3 Å². The van der Waals surface area contributed by atoms with Gasteiger partial charge >= 0.3 is 7.12 Å². The lowest BCUT2D eigenvalue weighted by atomic mass is 9.79. The van der Waals surface area contributed by atoms with E-state index >= 15 is 0 Å². The summed E-state index contributed by atoms with van der Waals surface area (Å²) in [5, 5.41) is 5.38. The Labute approximate surface area is 137 Å². The number of nitrogens with two attached hydrogens (primary N) is 1. The molecule has 0 bridgehead atoms. The fourth-order valence-electron chi connectivity index (χ4n) is 2.38. The minimum Gasteiger partial charge on any atom is -0.490 e. The lowest BCUT2D eigenvalue weighted by molar-refractivity contribution is 0.00578. The lowest BCUT2D eigenvalue weighted by Crippen LogP contribution is -2.41. The van der Waals surface area contributed by atoms with E-state index in [1.807, 2.05) is 27.7 Å². The molecule has 23 heavy (non-hydrogen) atoms. The summed E-state index contributed by atoms with van der Waals surface area (Å²) in [5.41, 5.74) is -0.721. The lowest BCUT2D eigenvalue weighted by Gasteiger charge is -2.32. The number of rotatable bonds is 4. The molecule has 0 unspecified atom stereocenters. The van der Waals surface area contributed by atoms with Crippen LogP contribution in [-0.4, -0.2) is 32.8 Å². The zero-order valence-corrected chi connectivity index (χ0v) is 14.6. The Morgan fingerprint density at radius 1 is 1.17 bits per heavy atom. The maximum absolute atomic E-state index is 12.0. The van der Waals surface area contributed by atoms with E-state index in [2.05, 4.69) is 0 Å². The minimum absolute atomic E-state index is 0.0193. The summed E-state index contributed by atoms with van der Waals surface area (Å²) < 4.78 is 41.5. The van der Waals surface area contributed by atoms with Crippen LogP contribution in [0.2, 0.25) is 0 Å². The summed E-state index contributed by atoms with van der Waals surface area (Å²) >= 11 is 0. The van der Waals surface area contributed by atoms with Gasteiger partial charge in [0.25, 0.3) is 0 Å². The van der Waals surface area contributed by atoms with Gasteiger partial charge in [-0.15, -0.1) is 0 Å². The topological polar surface area (TPSA) is 87.9 Å². The third kappa shape index (κ3) is 3.26. The molecule has 1 aliphatic heterocycles. The zero-order valence-electron chi connectivity index (χ0n) is 13.8. The first-order valence-corrected chi connectivity index (χ1v) is 9.23. The first-order valence-electron chi connectivity index (χ1n) is 7.69. The molecule has 1 heterocycles. The fourth-order valence-corrected chi connectivity index (χ4v) is 3.15. The first kappa shape index (κ1) is 16.8. The number of sulfonamides is 1. The summed E-state index contributed by atoms with van der Waals surface area (Å²) in [5.74, 6) is 0.497. The van der Waals surface area contributed by atoms with Crippen molar-refractivity contribution < 1.29 is 22.5 Å². The van der Waals surface area contributed by atoms with Gasteiger partial charge < -0.3 is 14.0 Å². The first-order chi connectivity index (χ1) is 10.5. The van der Waals surface area contributed by atoms with Crippen LogP contribution >= 0.6 is 0 Å². The SMILES string of the molecule is CC1(C)OB(c2ccc(OC3CC3)cc2S(N)(=O)=O)OC1(C)C. The fraction of sp³-hybridized carbons (Fsp3) is 0.600. The van der Waals surface area contributed by atoms with Gasteiger partial charge in [0.05, 0.1) is 22.2 Å². The molecule has 2 N–H and O–H groups in total. The van der Waals surface area contributed by atoms with Crippen molar-refractivity contribution >= 4 is 22.6 Å². The van der Waals surface area contributed by atoms with Crippen LogP contribution in [0, 0.1) is 0 Å². The predicted octanol–water partition coefficient (Wildman–Crippen LogP) is 1.17. The van der Waals surface area contributed by atoms with Crippen molar-refractivity contribution in [2.24, 2.45) is 5.14 Å². The van der Waals surface area contributed by atoms with Gasteiger partial charge in [-0.1, -0.05) is 6.07 Å². The normalized spacial score (nSPS) is 23.1. The Hall–Kier alpha value is -1.09. The molecule has 0 atom stereocenters. The maximum atomic E-state index is 12.0. The molecule has 0 spiro atoms. The van der Waals surface area contributed by atoms with Crippen molar-refractivity contribution in [3.8, 4) is 5.75 Å². The highest BCUT2D eigenvalue weighted by atomic mass is 32.2. The summed E-state index contributed by atoms with van der Waals surface area (Å²) in [7, 11) is -4.71. The molecule has 1 aromatic rings. The Morgan fingerprint density at radius 3 is 2.22 bits per heavy atom. The number of hydrogen-bond acceptors (Lipinski definition) is 5. The van der Waals surface area contributed by atoms with E-state index in [9.17, 15) is 8.42 Å². The molecule has 0 amide bonds. The molecule has 8 heteroatoms. The predicted molar refractivity (Wildman–Crippen MR) is 87.2 cm³/mol. The van der Waals surface area contributed by atoms with E-state index in [4.69, 9.17) is 19.2 Å². The highest BCUT2D eigenvalue weighted by molar-refractivity contribution is 7.89. The van der Waals surface area contributed by atoms with Gasteiger partial charge in [-0.05, 0) is 52.7 Å². The third-order valence-electron chi connectivity index (χ3n) is 4.63. The van der Waals surface area contributed by atoms with Gasteiger partial charge in [0.1, 0.15) is 5.75 Å². The summed E-state index contributed by atoms with van der Waals surface area (Å²) in [6, 6.07) is 4.83. The quantitative estimate of drug-likeness (QED) is 0.832. The number of ether oxygens (including phenoxy) is 1. The van der Waals surface area contributed by atoms with E-state index in [1.54, 1.807) is 12.1 Å². The van der Waals surface area contributed by atoms with Crippen molar-refractivity contribution in [3.05, 3.63) is 18.2 Å². The van der Waals surface area contributed by atoms with Crippen LogP contribution in [0.3, 0.4) is 0 Å². The number of hydrogen-bond donors (Lipinski definition) is 1. The van der Waals surface area contributed by atoms with Crippen LogP contribution in [0.5, 0.6) is 5.75 Å². The van der Waals surface area contributed by atoms with Crippen molar-refractivity contribution in [3.63, 3.8) is 0 Å². The van der Waals surface area contributed by atoms with Gasteiger partial charge in [-0.2, -0.15) is 0 Å². The molecule has 0 aromatic heterocycles. The minimum atomic E-state index is -3.92. The molecular formula is C15H22BNO5S. The van der Waals surface area contributed by atoms with Crippen LogP contribution in [0.4, 0.5) is 0 Å². The van der Waals surface area contributed by atoms with Crippen LogP contribution in [-0.2, 0) is 19.3 Å². The molecule has 3 rings (SSSR count). The molecule has 1 saturated heterocycles. The Bertz CT molecular complexity index is 711. The van der Waals surface area contributed by atoms with Crippen LogP contribution in [0.25, 0.3) is 0 Å². The average molecular weight is 339 g/mol. The second-order valence-corrected chi connectivity index (χ2v) is 8.68. The second kappa shape index (κ2) is 5.21. The van der Waals surface area contributed by atoms with Gasteiger partial charge in [0.15, 0.2) is 0 Å². The molecule has 1 aromatic carbocycles. The van der Waals surface area contributed by atoms with Gasteiger partial charge in [0.2, 0.25) is 10.0 Å². The Balaban J connectivity index is 1.98. The van der Waals surface area contributed by atoms with Gasteiger partial charge in [0, 0.05) is 5.46 Å². The third-order valence-corrected chi connectivity index (χ3v) is 5.59. The zero-order chi connectivity index (χ0) is 17.0. The molecule has 2 aliphatic rings. The highest BCUT2D eigenvalue weighted by Crippen LogP contribution is 2.37. The second-order valence-electron chi connectivity index (χ2n) is 7.15. The molecule has 6 nitrogen and oxygen atoms in total. The van der Waals surface area contributed by atoms with Crippen molar-refractivity contribution in [1.29, 1.82) is 0 Å². The van der Waals surface area contributed by atoms with Crippen LogP contribution < -0.4 is 15.3 Å². The van der Waals surface area contributed by atoms with Crippen LogP contribution in [0.15, 0.2) is 23.1 Å². The smallest absolute Gasteiger partial charge is 0.490 e. The standard InChI is InChI=1S/C15H22BNO5S/c1-14(2)15(3,4)22-16(21-14)12-8-7-11(20-10-5-6-10)9-13(12)23(17,18)19/h7-10H,5-6H2,1-4H3,(H2,17,18,19). The molecule has 1 aliphatic carbocycles. The summed E-state index contributed by atoms with van der Waals surface area (Å²) in [6.07, 6.45) is 2.15. The number of benzene rings is 1. The van der Waals surface area contributed by atoms with Gasteiger partial charge in [-0.25, -0.2) is 13.6 Å². The van der Waals surface area contributed by atoms with E-state index in [0.29, 0.717) is 11.2 Å². The Morgan fingerprint density at radius 2 is 1.74 bits per heavy atom. The molecular weight excluding hydrogens is 317 g/mol. The molecule has 2 fully saturated rings. The highest BCUT2D eigenvalue weighted by Gasteiger charge is 2.52. The molecule has 126 valence electrons. The van der Waals surface area contributed by atoms with E-state index in [-0.39, 0.29) is 11.0 Å². The number of primary sulfonamides is 1.